The van der Waals surface area contributed by atoms with Crippen molar-refractivity contribution in [3.8, 4) is 0 Å². The van der Waals surface area contributed by atoms with Crippen molar-refractivity contribution in [2.24, 2.45) is 0 Å². The van der Waals surface area contributed by atoms with Gasteiger partial charge in [0.25, 0.3) is 0 Å². The Balaban J connectivity index is 1.57. The number of hydrogen-bond donors (Lipinski definition) is 1. The van der Waals surface area contributed by atoms with Gasteiger partial charge in [-0.05, 0) is 30.5 Å². The van der Waals surface area contributed by atoms with E-state index in [1.807, 2.05) is 19.2 Å². The lowest BCUT2D eigenvalue weighted by molar-refractivity contribution is -0.129. The predicted molar refractivity (Wildman–Crippen MR) is 75.0 cm³/mol. The highest BCUT2D eigenvalue weighted by atomic mass is 16.2. The number of aromatic amines is 1. The number of carbonyl (C=O) groups excluding carboxylic acids is 1. The first-order valence-corrected chi connectivity index (χ1v) is 6.89. The number of aromatic nitrogens is 3. The molecule has 0 spiro atoms. The maximum atomic E-state index is 12.1. The third kappa shape index (κ3) is 3.04. The highest BCUT2D eigenvalue weighted by Gasteiger charge is 2.26. The van der Waals surface area contributed by atoms with Crippen LogP contribution in [0.25, 0.3) is 0 Å². The molecule has 0 aliphatic heterocycles. The minimum Gasteiger partial charge on any atom is -0.340 e. The molecule has 0 bridgehead atoms. The number of rotatable bonds is 5. The van der Waals surface area contributed by atoms with E-state index >= 15 is 0 Å². The van der Waals surface area contributed by atoms with Gasteiger partial charge in [-0.2, -0.15) is 5.10 Å². The molecule has 0 saturated heterocycles. The van der Waals surface area contributed by atoms with Crippen LogP contribution >= 0.6 is 0 Å². The molecular formula is C15H18N4O. The van der Waals surface area contributed by atoms with E-state index in [-0.39, 0.29) is 5.91 Å². The van der Waals surface area contributed by atoms with Crippen LogP contribution in [-0.4, -0.2) is 33.0 Å². The van der Waals surface area contributed by atoms with Gasteiger partial charge < -0.3 is 4.90 Å². The largest absolute Gasteiger partial charge is 0.340 e. The minimum atomic E-state index is 0.0839. The minimum absolute atomic E-state index is 0.0839. The molecule has 2 aromatic rings. The highest BCUT2D eigenvalue weighted by molar-refractivity contribution is 5.78. The maximum absolute atomic E-state index is 12.1. The molecule has 0 unspecified atom stereocenters. The number of hydrogen-bond acceptors (Lipinski definition) is 3. The molecule has 1 N–H and O–H groups in total. The first-order chi connectivity index (χ1) is 9.72. The topological polar surface area (TPSA) is 61.9 Å². The van der Waals surface area contributed by atoms with Crippen molar-refractivity contribution in [1.82, 2.24) is 20.1 Å². The lowest BCUT2D eigenvalue weighted by atomic mass is 10.2. The number of H-pyrrole nitrogens is 1. The van der Waals surface area contributed by atoms with Crippen LogP contribution in [-0.2, 0) is 17.8 Å². The zero-order valence-corrected chi connectivity index (χ0v) is 11.5. The summed E-state index contributed by atoms with van der Waals surface area (Å²) in [5.74, 6) is 0.719. The van der Waals surface area contributed by atoms with E-state index in [0.29, 0.717) is 18.9 Å². The molecule has 5 heteroatoms. The summed E-state index contributed by atoms with van der Waals surface area (Å²) in [5, 5.41) is 7.32. The first kappa shape index (κ1) is 12.8. The zero-order chi connectivity index (χ0) is 13.9. The molecule has 20 heavy (non-hydrogen) atoms. The SMILES string of the molecule is CN(Cc1cc(C2CC2)n[nH]1)C(=O)Cc1cccnc1. The molecule has 104 valence electrons. The maximum Gasteiger partial charge on any atom is 0.227 e. The van der Waals surface area contributed by atoms with Crippen molar-refractivity contribution >= 4 is 5.91 Å². The fraction of sp³-hybridized carbons (Fsp3) is 0.400. The standard InChI is InChI=1S/C15H18N4O/c1-19(15(20)7-11-3-2-6-16-9-11)10-13-8-14(18-17-13)12-4-5-12/h2-3,6,8-9,12H,4-5,7,10H2,1H3,(H,17,18). The molecule has 1 saturated carbocycles. The van der Waals surface area contributed by atoms with Crippen LogP contribution < -0.4 is 0 Å². The van der Waals surface area contributed by atoms with Gasteiger partial charge >= 0.3 is 0 Å². The molecule has 1 amide bonds. The monoisotopic (exact) mass is 270 g/mol. The average molecular weight is 270 g/mol. The van der Waals surface area contributed by atoms with Crippen molar-refractivity contribution in [3.63, 3.8) is 0 Å². The summed E-state index contributed by atoms with van der Waals surface area (Å²) < 4.78 is 0. The number of pyridine rings is 1. The summed E-state index contributed by atoms with van der Waals surface area (Å²) in [7, 11) is 1.82. The third-order valence-electron chi connectivity index (χ3n) is 3.56. The molecule has 0 aromatic carbocycles. The number of likely N-dealkylation sites (N-methyl/N-ethyl adjacent to an activating group) is 1. The van der Waals surface area contributed by atoms with Crippen molar-refractivity contribution in [3.05, 3.63) is 47.5 Å². The molecule has 2 heterocycles. The number of amides is 1. The summed E-state index contributed by atoms with van der Waals surface area (Å²) in [6.07, 6.45) is 6.29. The van der Waals surface area contributed by atoms with Gasteiger partial charge in [-0.1, -0.05) is 6.07 Å². The quantitative estimate of drug-likeness (QED) is 0.902. The van der Waals surface area contributed by atoms with E-state index in [1.54, 1.807) is 17.3 Å². The molecule has 5 nitrogen and oxygen atoms in total. The zero-order valence-electron chi connectivity index (χ0n) is 11.5. The van der Waals surface area contributed by atoms with Gasteiger partial charge in [0.2, 0.25) is 5.91 Å². The smallest absolute Gasteiger partial charge is 0.227 e. The average Bonchev–Trinajstić information content (AvgIpc) is 3.20. The summed E-state index contributed by atoms with van der Waals surface area (Å²) >= 11 is 0. The van der Waals surface area contributed by atoms with Gasteiger partial charge in [0.05, 0.1) is 24.4 Å². The van der Waals surface area contributed by atoms with Gasteiger partial charge in [-0.15, -0.1) is 0 Å². The fourth-order valence-electron chi connectivity index (χ4n) is 2.20. The predicted octanol–water partition coefficient (Wildman–Crippen LogP) is 1.88. The van der Waals surface area contributed by atoms with E-state index in [1.165, 1.54) is 12.8 Å². The van der Waals surface area contributed by atoms with Crippen LogP contribution in [0.4, 0.5) is 0 Å². The Morgan fingerprint density at radius 1 is 1.50 bits per heavy atom. The Bertz CT molecular complexity index is 589. The van der Waals surface area contributed by atoms with Crippen LogP contribution in [0.1, 0.15) is 35.7 Å². The molecular weight excluding hydrogens is 252 g/mol. The van der Waals surface area contributed by atoms with Gasteiger partial charge in [-0.3, -0.25) is 14.9 Å². The van der Waals surface area contributed by atoms with E-state index < -0.39 is 0 Å². The van der Waals surface area contributed by atoms with Crippen LogP contribution in [0.5, 0.6) is 0 Å². The molecule has 0 atom stereocenters. The Labute approximate surface area is 118 Å². The normalized spacial score (nSPS) is 14.2. The molecule has 1 aliphatic rings. The second-order valence-corrected chi connectivity index (χ2v) is 5.38. The van der Waals surface area contributed by atoms with Crippen LogP contribution in [0.3, 0.4) is 0 Å². The van der Waals surface area contributed by atoms with Crippen molar-refractivity contribution in [2.75, 3.05) is 7.05 Å². The molecule has 2 aromatic heterocycles. The molecule has 3 rings (SSSR count). The van der Waals surface area contributed by atoms with E-state index in [9.17, 15) is 4.79 Å². The lowest BCUT2D eigenvalue weighted by Gasteiger charge is -2.15. The summed E-state index contributed by atoms with van der Waals surface area (Å²) in [4.78, 5) is 17.9. The van der Waals surface area contributed by atoms with Gasteiger partial charge in [0, 0.05) is 25.4 Å². The van der Waals surface area contributed by atoms with Gasteiger partial charge in [-0.25, -0.2) is 0 Å². The number of nitrogens with zero attached hydrogens (tertiary/aromatic N) is 3. The van der Waals surface area contributed by atoms with Crippen molar-refractivity contribution in [2.45, 2.75) is 31.7 Å². The molecule has 1 aliphatic carbocycles. The first-order valence-electron chi connectivity index (χ1n) is 6.89. The fourth-order valence-corrected chi connectivity index (χ4v) is 2.20. The Hall–Kier alpha value is -2.17. The van der Waals surface area contributed by atoms with Gasteiger partial charge in [0.1, 0.15) is 0 Å². The molecule has 0 radical (unpaired) electrons. The molecule has 1 fully saturated rings. The number of nitrogens with one attached hydrogen (secondary N) is 1. The van der Waals surface area contributed by atoms with Crippen LogP contribution in [0.2, 0.25) is 0 Å². The summed E-state index contributed by atoms with van der Waals surface area (Å²) in [5.41, 5.74) is 3.06. The van der Waals surface area contributed by atoms with Crippen LogP contribution in [0.15, 0.2) is 30.6 Å². The van der Waals surface area contributed by atoms with Crippen LogP contribution in [0, 0.1) is 0 Å². The highest BCUT2D eigenvalue weighted by Crippen LogP contribution is 2.39. The Morgan fingerprint density at radius 2 is 2.35 bits per heavy atom. The Kier molecular flexibility index (Phi) is 3.50. The van der Waals surface area contributed by atoms with Crippen molar-refractivity contribution in [1.29, 1.82) is 0 Å². The Morgan fingerprint density at radius 3 is 3.05 bits per heavy atom. The van der Waals surface area contributed by atoms with E-state index in [2.05, 4.69) is 21.2 Å². The lowest BCUT2D eigenvalue weighted by Crippen LogP contribution is -2.27. The third-order valence-corrected chi connectivity index (χ3v) is 3.56. The number of carbonyl (C=O) groups is 1. The van der Waals surface area contributed by atoms with E-state index in [4.69, 9.17) is 0 Å². The van der Waals surface area contributed by atoms with Crippen molar-refractivity contribution < 1.29 is 4.79 Å². The second-order valence-electron chi connectivity index (χ2n) is 5.38. The summed E-state index contributed by atoms with van der Waals surface area (Å²) in [6.45, 7) is 0.568. The second kappa shape index (κ2) is 5.45. The van der Waals surface area contributed by atoms with Gasteiger partial charge in [0.15, 0.2) is 0 Å². The van der Waals surface area contributed by atoms with E-state index in [0.717, 1.165) is 17.0 Å². The summed E-state index contributed by atoms with van der Waals surface area (Å²) in [6, 6.07) is 5.84.